The van der Waals surface area contributed by atoms with Gasteiger partial charge in [0, 0.05) is 5.41 Å². The van der Waals surface area contributed by atoms with Crippen LogP contribution in [0.5, 0.6) is 0 Å². The van der Waals surface area contributed by atoms with Gasteiger partial charge in [-0.2, -0.15) is 0 Å². The molecule has 1 saturated carbocycles. The molecule has 0 heteroatoms. The third-order valence-electron chi connectivity index (χ3n) is 3.03. The second kappa shape index (κ2) is 4.83. The second-order valence-electron chi connectivity index (χ2n) is 5.32. The zero-order valence-electron chi connectivity index (χ0n) is 10.6. The number of hydrogen-bond donors (Lipinski definition) is 0. The highest BCUT2D eigenvalue weighted by Gasteiger charge is 2.49. The fourth-order valence-electron chi connectivity index (χ4n) is 2.53. The molecule has 0 amide bonds. The molecule has 0 aromatic heterocycles. The Morgan fingerprint density at radius 3 is 2.13 bits per heavy atom. The summed E-state index contributed by atoms with van der Waals surface area (Å²) in [6.45, 7) is 12.6. The zero-order chi connectivity index (χ0) is 11.5. The van der Waals surface area contributed by atoms with Gasteiger partial charge in [0.2, 0.25) is 0 Å². The minimum absolute atomic E-state index is 0.390. The summed E-state index contributed by atoms with van der Waals surface area (Å²) in [5.41, 5.74) is 3.27. The zero-order valence-corrected chi connectivity index (χ0v) is 10.6. The molecule has 0 aromatic carbocycles. The molecule has 0 radical (unpaired) electrons. The van der Waals surface area contributed by atoms with Crippen molar-refractivity contribution in [2.24, 2.45) is 11.3 Å². The lowest BCUT2D eigenvalue weighted by molar-refractivity contribution is 0.634. The van der Waals surface area contributed by atoms with E-state index < -0.39 is 0 Å². The van der Waals surface area contributed by atoms with Crippen molar-refractivity contribution in [2.45, 2.75) is 47.0 Å². The van der Waals surface area contributed by atoms with Gasteiger partial charge >= 0.3 is 0 Å². The summed E-state index contributed by atoms with van der Waals surface area (Å²) in [5.74, 6) is 0.847. The van der Waals surface area contributed by atoms with Gasteiger partial charge in [-0.1, -0.05) is 29.4 Å². The second-order valence-corrected chi connectivity index (χ2v) is 5.32. The SMILES string of the molecule is C=CCCC1CC1(C=C(C)C)C=C(C)C. The summed E-state index contributed by atoms with van der Waals surface area (Å²) in [7, 11) is 0. The van der Waals surface area contributed by atoms with Crippen molar-refractivity contribution < 1.29 is 0 Å². The first-order chi connectivity index (χ1) is 7.00. The minimum atomic E-state index is 0.390. The monoisotopic (exact) mass is 204 g/mol. The molecule has 0 saturated heterocycles. The van der Waals surface area contributed by atoms with E-state index in [-0.39, 0.29) is 0 Å². The quantitative estimate of drug-likeness (QED) is 0.559. The maximum Gasteiger partial charge on any atom is 0.00976 e. The molecule has 0 aliphatic heterocycles. The van der Waals surface area contributed by atoms with E-state index in [2.05, 4.69) is 46.4 Å². The van der Waals surface area contributed by atoms with Crippen molar-refractivity contribution in [1.29, 1.82) is 0 Å². The molecule has 15 heavy (non-hydrogen) atoms. The van der Waals surface area contributed by atoms with Crippen molar-refractivity contribution in [3.63, 3.8) is 0 Å². The molecular formula is C15H24. The first-order valence-corrected chi connectivity index (χ1v) is 5.93. The lowest BCUT2D eigenvalue weighted by Gasteiger charge is -2.09. The summed E-state index contributed by atoms with van der Waals surface area (Å²) in [4.78, 5) is 0. The Morgan fingerprint density at radius 1 is 1.20 bits per heavy atom. The summed E-state index contributed by atoms with van der Waals surface area (Å²) in [6, 6.07) is 0. The fourth-order valence-corrected chi connectivity index (χ4v) is 2.53. The van der Waals surface area contributed by atoms with Crippen molar-refractivity contribution in [3.05, 3.63) is 36.0 Å². The largest absolute Gasteiger partial charge is 0.103 e. The number of allylic oxidation sites excluding steroid dienone is 5. The third-order valence-corrected chi connectivity index (χ3v) is 3.03. The van der Waals surface area contributed by atoms with Crippen LogP contribution < -0.4 is 0 Å². The number of rotatable bonds is 5. The van der Waals surface area contributed by atoms with Crippen LogP contribution >= 0.6 is 0 Å². The summed E-state index contributed by atoms with van der Waals surface area (Å²) in [6.07, 6.45) is 10.7. The molecule has 0 nitrogen and oxygen atoms in total. The third kappa shape index (κ3) is 3.37. The standard InChI is InChI=1S/C15H24/c1-6-7-8-14-11-15(14,9-12(2)3)10-13(4)5/h6,9-10,14H,1,7-8,11H2,2-5H3. The Labute approximate surface area is 94.8 Å². The van der Waals surface area contributed by atoms with Crippen LogP contribution in [0, 0.1) is 11.3 Å². The van der Waals surface area contributed by atoms with Crippen molar-refractivity contribution in [3.8, 4) is 0 Å². The fraction of sp³-hybridized carbons (Fsp3) is 0.600. The normalized spacial score (nSPS) is 21.7. The first-order valence-electron chi connectivity index (χ1n) is 5.93. The van der Waals surface area contributed by atoms with E-state index in [1.165, 1.54) is 24.0 Å². The molecule has 1 rings (SSSR count). The van der Waals surface area contributed by atoms with E-state index in [0.29, 0.717) is 5.41 Å². The van der Waals surface area contributed by atoms with Gasteiger partial charge in [0.05, 0.1) is 0 Å². The van der Waals surface area contributed by atoms with E-state index in [4.69, 9.17) is 0 Å². The van der Waals surface area contributed by atoms with Gasteiger partial charge in [-0.25, -0.2) is 0 Å². The van der Waals surface area contributed by atoms with Gasteiger partial charge in [0.15, 0.2) is 0 Å². The first kappa shape index (κ1) is 12.3. The van der Waals surface area contributed by atoms with Crippen LogP contribution in [0.1, 0.15) is 47.0 Å². The lowest BCUT2D eigenvalue weighted by Crippen LogP contribution is -1.97. The van der Waals surface area contributed by atoms with E-state index in [1.807, 2.05) is 6.08 Å². The molecular weight excluding hydrogens is 180 g/mol. The Balaban J connectivity index is 2.71. The van der Waals surface area contributed by atoms with E-state index in [1.54, 1.807) is 0 Å². The van der Waals surface area contributed by atoms with Crippen molar-refractivity contribution in [1.82, 2.24) is 0 Å². The molecule has 0 bridgehead atoms. The van der Waals surface area contributed by atoms with E-state index in [0.717, 1.165) is 12.3 Å². The molecule has 1 aliphatic rings. The predicted molar refractivity (Wildman–Crippen MR) is 68.8 cm³/mol. The molecule has 0 spiro atoms. The highest BCUT2D eigenvalue weighted by molar-refractivity contribution is 5.28. The summed E-state index contributed by atoms with van der Waals surface area (Å²) >= 11 is 0. The van der Waals surface area contributed by atoms with Gasteiger partial charge in [-0.05, 0) is 52.9 Å². The van der Waals surface area contributed by atoms with Crippen LogP contribution in [0.4, 0.5) is 0 Å². The molecule has 84 valence electrons. The Kier molecular flexibility index (Phi) is 3.96. The van der Waals surface area contributed by atoms with Crippen LogP contribution in [-0.4, -0.2) is 0 Å². The Bertz CT molecular complexity index is 265. The summed E-state index contributed by atoms with van der Waals surface area (Å²) in [5, 5.41) is 0. The Hall–Kier alpha value is -0.780. The van der Waals surface area contributed by atoms with Crippen LogP contribution in [0.2, 0.25) is 0 Å². The van der Waals surface area contributed by atoms with Gasteiger partial charge in [0.25, 0.3) is 0 Å². The van der Waals surface area contributed by atoms with Gasteiger partial charge in [-0.3, -0.25) is 0 Å². The highest BCUT2D eigenvalue weighted by atomic mass is 14.5. The van der Waals surface area contributed by atoms with Crippen LogP contribution in [-0.2, 0) is 0 Å². The number of hydrogen-bond acceptors (Lipinski definition) is 0. The topological polar surface area (TPSA) is 0 Å². The maximum absolute atomic E-state index is 3.80. The molecule has 0 heterocycles. The van der Waals surface area contributed by atoms with Crippen molar-refractivity contribution in [2.75, 3.05) is 0 Å². The Morgan fingerprint density at radius 2 is 1.73 bits per heavy atom. The molecule has 1 fully saturated rings. The minimum Gasteiger partial charge on any atom is -0.103 e. The highest BCUT2D eigenvalue weighted by Crippen LogP contribution is 2.58. The average Bonchev–Trinajstić information content (AvgIpc) is 2.72. The van der Waals surface area contributed by atoms with Gasteiger partial charge < -0.3 is 0 Å². The molecule has 1 aliphatic carbocycles. The van der Waals surface area contributed by atoms with Crippen LogP contribution in [0.3, 0.4) is 0 Å². The van der Waals surface area contributed by atoms with E-state index >= 15 is 0 Å². The van der Waals surface area contributed by atoms with Crippen LogP contribution in [0.25, 0.3) is 0 Å². The van der Waals surface area contributed by atoms with Gasteiger partial charge in [-0.15, -0.1) is 6.58 Å². The van der Waals surface area contributed by atoms with E-state index in [9.17, 15) is 0 Å². The predicted octanol–water partition coefficient (Wildman–Crippen LogP) is 4.89. The van der Waals surface area contributed by atoms with Gasteiger partial charge in [0.1, 0.15) is 0 Å². The molecule has 0 N–H and O–H groups in total. The smallest absolute Gasteiger partial charge is 0.00976 e. The maximum atomic E-state index is 3.80. The average molecular weight is 204 g/mol. The lowest BCUT2D eigenvalue weighted by atomic mass is 9.96. The van der Waals surface area contributed by atoms with Crippen molar-refractivity contribution >= 4 is 0 Å². The molecule has 1 atom stereocenters. The summed E-state index contributed by atoms with van der Waals surface area (Å²) < 4.78 is 0. The molecule has 0 aromatic rings. The van der Waals surface area contributed by atoms with Crippen LogP contribution in [0.15, 0.2) is 36.0 Å². The molecule has 1 unspecified atom stereocenters.